The maximum absolute atomic E-state index is 15.0. The third-order valence-electron chi connectivity index (χ3n) is 6.88. The number of benzene rings is 1. The van der Waals surface area contributed by atoms with Crippen LogP contribution < -0.4 is 16.0 Å². The minimum atomic E-state index is -0.448. The van der Waals surface area contributed by atoms with Gasteiger partial charge in [0, 0.05) is 37.8 Å². The molecule has 2 aromatic heterocycles. The highest BCUT2D eigenvalue weighted by Crippen LogP contribution is 2.39. The third kappa shape index (κ3) is 4.14. The molecule has 1 aliphatic carbocycles. The predicted molar refractivity (Wildman–Crippen MR) is 127 cm³/mol. The molecule has 1 amide bonds. The first-order valence-corrected chi connectivity index (χ1v) is 12.2. The van der Waals surface area contributed by atoms with Crippen LogP contribution in [0.3, 0.4) is 0 Å². The van der Waals surface area contributed by atoms with Crippen LogP contribution in [0.2, 0.25) is 0 Å². The van der Waals surface area contributed by atoms with E-state index in [1.807, 2.05) is 11.8 Å². The van der Waals surface area contributed by atoms with E-state index in [-0.39, 0.29) is 23.7 Å². The summed E-state index contributed by atoms with van der Waals surface area (Å²) in [7, 11) is 0. The molecule has 33 heavy (non-hydrogen) atoms. The second kappa shape index (κ2) is 8.52. The maximum atomic E-state index is 15.0. The Morgan fingerprint density at radius 2 is 2.00 bits per heavy atom. The van der Waals surface area contributed by atoms with E-state index in [0.29, 0.717) is 32.7 Å². The molecule has 3 aromatic rings. The zero-order valence-corrected chi connectivity index (χ0v) is 19.5. The van der Waals surface area contributed by atoms with Gasteiger partial charge in [-0.25, -0.2) is 18.7 Å². The molecule has 1 saturated carbocycles. The fraction of sp³-hybridized carbons (Fsp3) is 0.458. The second-order valence-electron chi connectivity index (χ2n) is 9.40. The van der Waals surface area contributed by atoms with Gasteiger partial charge < -0.3 is 16.0 Å². The molecule has 0 radical (unpaired) electrons. The summed E-state index contributed by atoms with van der Waals surface area (Å²) in [6.45, 7) is 5.31. The SMILES string of the molecule is Cc1cnc2c(N)c(C(=O)NC[C@@H](C)c3cc(F)c(N4CC5CCC(C5)C4)cc3F)sc2n1. The summed E-state index contributed by atoms with van der Waals surface area (Å²) in [6, 6.07) is 2.60. The highest BCUT2D eigenvalue weighted by Gasteiger charge is 2.34. The first kappa shape index (κ1) is 22.0. The molecule has 6 nitrogen and oxygen atoms in total. The molecule has 2 bridgehead atoms. The summed E-state index contributed by atoms with van der Waals surface area (Å²) in [4.78, 5) is 24.3. The van der Waals surface area contributed by atoms with E-state index < -0.39 is 17.6 Å². The average molecular weight is 472 g/mol. The number of hydrogen-bond acceptors (Lipinski definition) is 6. The van der Waals surface area contributed by atoms with Crippen molar-refractivity contribution >= 4 is 39.0 Å². The zero-order valence-electron chi connectivity index (χ0n) is 18.7. The molecule has 1 saturated heterocycles. The quantitative estimate of drug-likeness (QED) is 0.567. The maximum Gasteiger partial charge on any atom is 0.263 e. The number of rotatable bonds is 5. The average Bonchev–Trinajstić information content (AvgIpc) is 3.30. The first-order chi connectivity index (χ1) is 15.8. The summed E-state index contributed by atoms with van der Waals surface area (Å²) in [5, 5.41) is 2.79. The molecule has 3 atom stereocenters. The first-order valence-electron chi connectivity index (χ1n) is 11.3. The van der Waals surface area contributed by atoms with Crippen molar-refractivity contribution < 1.29 is 13.6 Å². The molecule has 174 valence electrons. The Morgan fingerprint density at radius 3 is 2.73 bits per heavy atom. The van der Waals surface area contributed by atoms with Gasteiger partial charge in [-0.05, 0) is 49.7 Å². The van der Waals surface area contributed by atoms with E-state index in [9.17, 15) is 13.6 Å². The molecule has 2 fully saturated rings. The molecule has 0 spiro atoms. The summed E-state index contributed by atoms with van der Waals surface area (Å²) in [5.74, 6) is -0.484. The Hall–Kier alpha value is -2.81. The Balaban J connectivity index is 1.29. The number of amides is 1. The Bertz CT molecular complexity index is 1220. The molecule has 1 aromatic carbocycles. The van der Waals surface area contributed by atoms with Crippen molar-refractivity contribution in [3.05, 3.63) is 46.1 Å². The van der Waals surface area contributed by atoms with E-state index in [1.54, 1.807) is 13.1 Å². The van der Waals surface area contributed by atoms with Crippen molar-refractivity contribution in [2.75, 3.05) is 30.3 Å². The van der Waals surface area contributed by atoms with Gasteiger partial charge in [0.2, 0.25) is 0 Å². The number of thiophene rings is 1. The Labute approximate surface area is 195 Å². The summed E-state index contributed by atoms with van der Waals surface area (Å²) >= 11 is 1.17. The van der Waals surface area contributed by atoms with Gasteiger partial charge in [-0.2, -0.15) is 0 Å². The number of aryl methyl sites for hydroxylation is 1. The van der Waals surface area contributed by atoms with Crippen LogP contribution in [-0.2, 0) is 0 Å². The summed E-state index contributed by atoms with van der Waals surface area (Å²) in [5.41, 5.74) is 8.21. The van der Waals surface area contributed by atoms with Crippen molar-refractivity contribution in [2.45, 2.75) is 39.0 Å². The van der Waals surface area contributed by atoms with E-state index in [0.717, 1.165) is 18.8 Å². The lowest BCUT2D eigenvalue weighted by Crippen LogP contribution is -2.37. The number of nitrogens with two attached hydrogens (primary N) is 1. The van der Waals surface area contributed by atoms with E-state index in [1.165, 1.54) is 42.7 Å². The van der Waals surface area contributed by atoms with Crippen LogP contribution >= 0.6 is 11.3 Å². The number of aromatic nitrogens is 2. The third-order valence-corrected chi connectivity index (χ3v) is 7.97. The fourth-order valence-electron chi connectivity index (χ4n) is 5.15. The van der Waals surface area contributed by atoms with Crippen molar-refractivity contribution in [1.29, 1.82) is 0 Å². The molecule has 3 N–H and O–H groups in total. The lowest BCUT2D eigenvalue weighted by molar-refractivity contribution is 0.0956. The van der Waals surface area contributed by atoms with Crippen LogP contribution in [0.1, 0.15) is 53.0 Å². The van der Waals surface area contributed by atoms with Crippen molar-refractivity contribution in [3.8, 4) is 0 Å². The van der Waals surface area contributed by atoms with Gasteiger partial charge in [0.1, 0.15) is 26.9 Å². The molecule has 2 aliphatic rings. The molecule has 3 heterocycles. The van der Waals surface area contributed by atoms with Crippen molar-refractivity contribution in [1.82, 2.24) is 15.3 Å². The van der Waals surface area contributed by atoms with Gasteiger partial charge in [0.15, 0.2) is 0 Å². The van der Waals surface area contributed by atoms with Gasteiger partial charge in [-0.3, -0.25) is 4.79 Å². The smallest absolute Gasteiger partial charge is 0.263 e. The standard InChI is InChI=1S/C24H27F2N5OS/c1-12(8-29-23(32)22-20(27)21-24(33-22)30-13(2)9-28-21)16-6-18(26)19(7-17(16)25)31-10-14-3-4-15(5-14)11-31/h6-7,9,12,14-15H,3-5,8,10-11,27H2,1-2H3,(H,29,32)/t12-,14?,15?/m1/s1. The Kier molecular flexibility index (Phi) is 5.68. The summed E-state index contributed by atoms with van der Waals surface area (Å²) < 4.78 is 30.0. The lowest BCUT2D eigenvalue weighted by atomic mass is 9.96. The monoisotopic (exact) mass is 471 g/mol. The number of carbonyl (C=O) groups is 1. The molecule has 1 aliphatic heterocycles. The van der Waals surface area contributed by atoms with Gasteiger partial charge in [0.05, 0.1) is 17.1 Å². The van der Waals surface area contributed by atoms with Crippen LogP contribution in [0.15, 0.2) is 18.3 Å². The second-order valence-corrected chi connectivity index (χ2v) is 10.4. The van der Waals surface area contributed by atoms with Crippen LogP contribution in [-0.4, -0.2) is 35.5 Å². The minimum Gasteiger partial charge on any atom is -0.396 e. The van der Waals surface area contributed by atoms with Gasteiger partial charge in [0.25, 0.3) is 5.91 Å². The van der Waals surface area contributed by atoms with Crippen LogP contribution in [0.25, 0.3) is 10.3 Å². The molecular weight excluding hydrogens is 444 g/mol. The largest absolute Gasteiger partial charge is 0.396 e. The highest BCUT2D eigenvalue weighted by atomic mass is 32.1. The number of halogens is 2. The Morgan fingerprint density at radius 1 is 1.27 bits per heavy atom. The normalized spacial score (nSPS) is 20.9. The lowest BCUT2D eigenvalue weighted by Gasteiger charge is -2.34. The number of piperidine rings is 1. The number of nitrogens with zero attached hydrogens (tertiary/aromatic N) is 3. The number of carbonyl (C=O) groups excluding carboxylic acids is 1. The predicted octanol–water partition coefficient (Wildman–Crippen LogP) is 4.63. The number of nitrogens with one attached hydrogen (secondary N) is 1. The van der Waals surface area contributed by atoms with Crippen LogP contribution in [0.4, 0.5) is 20.2 Å². The molecule has 9 heteroatoms. The zero-order chi connectivity index (χ0) is 23.3. The molecule has 5 rings (SSSR count). The van der Waals surface area contributed by atoms with E-state index >= 15 is 0 Å². The van der Waals surface area contributed by atoms with Gasteiger partial charge in [-0.1, -0.05) is 6.92 Å². The van der Waals surface area contributed by atoms with E-state index in [4.69, 9.17) is 5.73 Å². The van der Waals surface area contributed by atoms with E-state index in [2.05, 4.69) is 15.3 Å². The molecular formula is C24H27F2N5OS. The van der Waals surface area contributed by atoms with Crippen LogP contribution in [0.5, 0.6) is 0 Å². The minimum absolute atomic E-state index is 0.149. The van der Waals surface area contributed by atoms with Crippen LogP contribution in [0, 0.1) is 30.4 Å². The summed E-state index contributed by atoms with van der Waals surface area (Å²) in [6.07, 6.45) is 5.16. The number of nitrogen functional groups attached to an aromatic ring is 1. The van der Waals surface area contributed by atoms with Gasteiger partial charge >= 0.3 is 0 Å². The van der Waals surface area contributed by atoms with Gasteiger partial charge in [-0.15, -0.1) is 11.3 Å². The highest BCUT2D eigenvalue weighted by molar-refractivity contribution is 7.21. The molecule has 2 unspecified atom stereocenters. The van der Waals surface area contributed by atoms with Crippen molar-refractivity contribution in [3.63, 3.8) is 0 Å². The number of fused-ring (bicyclic) bond motifs is 3. The fourth-order valence-corrected chi connectivity index (χ4v) is 6.17. The number of hydrogen-bond donors (Lipinski definition) is 2. The number of anilines is 2. The topological polar surface area (TPSA) is 84.1 Å². The van der Waals surface area contributed by atoms with Crippen molar-refractivity contribution in [2.24, 2.45) is 11.8 Å².